The minimum atomic E-state index is -4.32. The van der Waals surface area contributed by atoms with E-state index in [1.54, 1.807) is 6.07 Å². The summed E-state index contributed by atoms with van der Waals surface area (Å²) in [4.78, 5) is 15.6. The maximum atomic E-state index is 13.4. The molecule has 2 fully saturated rings. The number of amides is 1. The number of likely N-dealkylation sites (tertiary alicyclic amines) is 1. The van der Waals surface area contributed by atoms with Gasteiger partial charge in [-0.3, -0.25) is 9.69 Å². The van der Waals surface area contributed by atoms with Gasteiger partial charge in [-0.1, -0.05) is 69.3 Å². The molecule has 0 aromatic heterocycles. The van der Waals surface area contributed by atoms with Crippen LogP contribution >= 0.6 is 0 Å². The van der Waals surface area contributed by atoms with Crippen LogP contribution in [0, 0.1) is 17.3 Å². The number of nitrogens with zero attached hydrogens (tertiary/aromatic N) is 1. The molecule has 4 atom stereocenters. The highest BCUT2D eigenvalue weighted by atomic mass is 19.4. The Morgan fingerprint density at radius 3 is 2.42 bits per heavy atom. The van der Waals surface area contributed by atoms with Crippen LogP contribution in [0.2, 0.25) is 0 Å². The summed E-state index contributed by atoms with van der Waals surface area (Å²) in [6.45, 7) is 8.45. The quantitative estimate of drug-likeness (QED) is 0.609. The average Bonchev–Trinajstić information content (AvgIpc) is 3.28. The number of nitrogens with one attached hydrogen (secondary N) is 1. The van der Waals surface area contributed by atoms with Gasteiger partial charge in [0.15, 0.2) is 0 Å². The number of halogens is 3. The van der Waals surface area contributed by atoms with E-state index >= 15 is 0 Å². The number of hydrogen-bond donors (Lipinski definition) is 1. The zero-order valence-electron chi connectivity index (χ0n) is 19.5. The second-order valence-electron chi connectivity index (χ2n) is 10.7. The highest BCUT2D eigenvalue weighted by Crippen LogP contribution is 2.41. The summed E-state index contributed by atoms with van der Waals surface area (Å²) in [5, 5.41) is 3.35. The molecular weight excluding hydrogens is 425 g/mol. The van der Waals surface area contributed by atoms with E-state index in [2.05, 4.69) is 31.0 Å². The van der Waals surface area contributed by atoms with Crippen molar-refractivity contribution in [2.75, 3.05) is 13.1 Å². The molecule has 1 amide bonds. The molecule has 1 saturated heterocycles. The summed E-state index contributed by atoms with van der Waals surface area (Å²) >= 11 is 0. The summed E-state index contributed by atoms with van der Waals surface area (Å²) < 4.78 is 39.2. The molecule has 1 saturated carbocycles. The molecule has 0 bridgehead atoms. The summed E-state index contributed by atoms with van der Waals surface area (Å²) in [5.74, 6) is 0.651. The summed E-state index contributed by atoms with van der Waals surface area (Å²) in [7, 11) is 0. The Balaban J connectivity index is 1.41. The van der Waals surface area contributed by atoms with Crippen LogP contribution in [0.5, 0.6) is 0 Å². The first-order chi connectivity index (χ1) is 15.5. The molecule has 1 aliphatic carbocycles. The normalized spacial score (nSPS) is 24.5. The lowest BCUT2D eigenvalue weighted by atomic mass is 9.75. The van der Waals surface area contributed by atoms with Gasteiger partial charge in [0.2, 0.25) is 5.91 Å². The van der Waals surface area contributed by atoms with Gasteiger partial charge in [0.05, 0.1) is 11.5 Å². The van der Waals surface area contributed by atoms with E-state index in [0.717, 1.165) is 37.6 Å². The lowest BCUT2D eigenvalue weighted by Crippen LogP contribution is -2.44. The zero-order valence-corrected chi connectivity index (χ0v) is 19.5. The van der Waals surface area contributed by atoms with Crippen LogP contribution in [-0.2, 0) is 17.5 Å². The second kappa shape index (κ2) is 9.13. The van der Waals surface area contributed by atoms with Gasteiger partial charge in [-0.2, -0.15) is 13.2 Å². The number of hydrogen-bond acceptors (Lipinski definition) is 2. The van der Waals surface area contributed by atoms with Crippen molar-refractivity contribution in [3.05, 3.63) is 71.3 Å². The summed E-state index contributed by atoms with van der Waals surface area (Å²) in [5.41, 5.74) is 0.893. The Morgan fingerprint density at radius 1 is 1.03 bits per heavy atom. The molecule has 178 valence electrons. The zero-order chi connectivity index (χ0) is 23.8. The van der Waals surface area contributed by atoms with E-state index in [1.165, 1.54) is 12.1 Å². The maximum Gasteiger partial charge on any atom is 0.416 e. The van der Waals surface area contributed by atoms with Gasteiger partial charge in [0, 0.05) is 25.7 Å². The average molecular weight is 459 g/mol. The Bertz CT molecular complexity index is 967. The van der Waals surface area contributed by atoms with Crippen LogP contribution < -0.4 is 5.32 Å². The highest BCUT2D eigenvalue weighted by Gasteiger charge is 2.44. The molecule has 1 aliphatic heterocycles. The van der Waals surface area contributed by atoms with E-state index in [9.17, 15) is 18.0 Å². The van der Waals surface area contributed by atoms with Crippen LogP contribution in [0.3, 0.4) is 0 Å². The van der Waals surface area contributed by atoms with Crippen molar-refractivity contribution in [1.82, 2.24) is 10.2 Å². The fraction of sp³-hybridized carbons (Fsp3) is 0.519. The van der Waals surface area contributed by atoms with Crippen LogP contribution in [-0.4, -0.2) is 29.9 Å². The number of rotatable bonds is 5. The predicted molar refractivity (Wildman–Crippen MR) is 124 cm³/mol. The van der Waals surface area contributed by atoms with Crippen molar-refractivity contribution in [3.63, 3.8) is 0 Å². The van der Waals surface area contributed by atoms with Crippen LogP contribution in [0.4, 0.5) is 13.2 Å². The molecule has 1 heterocycles. The largest absolute Gasteiger partial charge is 0.416 e. The topological polar surface area (TPSA) is 32.3 Å². The van der Waals surface area contributed by atoms with E-state index < -0.39 is 11.7 Å². The lowest BCUT2D eigenvalue weighted by molar-refractivity contribution is -0.137. The van der Waals surface area contributed by atoms with Gasteiger partial charge in [0.25, 0.3) is 0 Å². The van der Waals surface area contributed by atoms with Gasteiger partial charge >= 0.3 is 6.18 Å². The van der Waals surface area contributed by atoms with Crippen molar-refractivity contribution in [2.24, 2.45) is 17.3 Å². The van der Waals surface area contributed by atoms with Crippen molar-refractivity contribution >= 4 is 5.91 Å². The van der Waals surface area contributed by atoms with Gasteiger partial charge in [-0.25, -0.2) is 0 Å². The van der Waals surface area contributed by atoms with Crippen LogP contribution in [0.15, 0.2) is 54.6 Å². The monoisotopic (exact) mass is 458 g/mol. The van der Waals surface area contributed by atoms with Crippen molar-refractivity contribution in [1.29, 1.82) is 0 Å². The Kier molecular flexibility index (Phi) is 6.59. The standard InChI is InChI=1S/C27H33F3N2O/c1-26(2,3)24(19-9-5-4-6-10-19)25(33)31-23-13-12-20-16-32(17-22(20)23)15-18-8-7-11-21(14-18)27(28,29)30/h4-11,14,20,22-24H,12-13,15-17H2,1-3H3,(H,31,33)/t20-,22-,23-,24?/m1/s1. The first-order valence-corrected chi connectivity index (χ1v) is 11.8. The minimum absolute atomic E-state index is 0.0654. The maximum absolute atomic E-state index is 13.4. The van der Waals surface area contributed by atoms with Crippen LogP contribution in [0.1, 0.15) is 56.2 Å². The third-order valence-corrected chi connectivity index (χ3v) is 7.18. The van der Waals surface area contributed by atoms with Gasteiger partial charge in [-0.05, 0) is 47.3 Å². The number of benzene rings is 2. The molecule has 1 unspecified atom stereocenters. The first kappa shape index (κ1) is 23.8. The number of alkyl halides is 3. The lowest BCUT2D eigenvalue weighted by Gasteiger charge is -2.32. The second-order valence-corrected chi connectivity index (χ2v) is 10.7. The van der Waals surface area contributed by atoms with E-state index in [1.807, 2.05) is 30.3 Å². The Labute approximate surface area is 194 Å². The molecule has 0 radical (unpaired) electrons. The van der Waals surface area contributed by atoms with Gasteiger partial charge < -0.3 is 5.32 Å². The molecule has 2 aliphatic rings. The smallest absolute Gasteiger partial charge is 0.352 e. The summed E-state index contributed by atoms with van der Waals surface area (Å²) in [6.07, 6.45) is -2.32. The van der Waals surface area contributed by atoms with Crippen molar-refractivity contribution < 1.29 is 18.0 Å². The number of carbonyl (C=O) groups is 1. The third kappa shape index (κ3) is 5.43. The molecule has 2 aromatic rings. The Hall–Kier alpha value is -2.34. The fourth-order valence-electron chi connectivity index (χ4n) is 5.73. The Morgan fingerprint density at radius 2 is 1.76 bits per heavy atom. The first-order valence-electron chi connectivity index (χ1n) is 11.8. The third-order valence-electron chi connectivity index (χ3n) is 7.18. The minimum Gasteiger partial charge on any atom is -0.352 e. The molecule has 6 heteroatoms. The van der Waals surface area contributed by atoms with Crippen LogP contribution in [0.25, 0.3) is 0 Å². The summed E-state index contributed by atoms with van der Waals surface area (Å²) in [6, 6.07) is 15.6. The SMILES string of the molecule is CC(C)(C)C(C(=O)N[C@@H]1CC[C@@H]2CN(Cc3cccc(C(F)(F)F)c3)C[C@H]21)c1ccccc1. The van der Waals surface area contributed by atoms with E-state index in [0.29, 0.717) is 23.9 Å². The van der Waals surface area contributed by atoms with Gasteiger partial charge in [0.1, 0.15) is 0 Å². The molecule has 33 heavy (non-hydrogen) atoms. The molecule has 0 spiro atoms. The van der Waals surface area contributed by atoms with E-state index in [-0.39, 0.29) is 23.3 Å². The predicted octanol–water partition coefficient (Wildman–Crippen LogP) is 5.86. The molecule has 1 N–H and O–H groups in total. The van der Waals surface area contributed by atoms with Crippen molar-refractivity contribution in [2.45, 2.75) is 58.3 Å². The van der Waals surface area contributed by atoms with Crippen molar-refractivity contribution in [3.8, 4) is 0 Å². The fourth-order valence-corrected chi connectivity index (χ4v) is 5.73. The molecule has 3 nitrogen and oxygen atoms in total. The number of fused-ring (bicyclic) bond motifs is 1. The highest BCUT2D eigenvalue weighted by molar-refractivity contribution is 5.84. The molecule has 4 rings (SSSR count). The molecular formula is C27H33F3N2O. The number of carbonyl (C=O) groups excluding carboxylic acids is 1. The molecule has 2 aromatic carbocycles. The van der Waals surface area contributed by atoms with Gasteiger partial charge in [-0.15, -0.1) is 0 Å². The van der Waals surface area contributed by atoms with E-state index in [4.69, 9.17) is 0 Å².